The van der Waals surface area contributed by atoms with Crippen LogP contribution in [0.3, 0.4) is 0 Å². The van der Waals surface area contributed by atoms with Crippen LogP contribution in [0.1, 0.15) is 25.8 Å². The van der Waals surface area contributed by atoms with Crippen molar-refractivity contribution < 1.29 is 4.79 Å². The standard InChI is InChI=1S/C14H21N3O/c1-3-16(4-2)14(18)17-9-5-6-11-7-8-12(15)10-13(11)17/h7-8,10H,3-6,9,15H2,1-2H3. The summed E-state index contributed by atoms with van der Waals surface area (Å²) in [5, 5.41) is 0. The lowest BCUT2D eigenvalue weighted by atomic mass is 10.0. The van der Waals surface area contributed by atoms with Crippen molar-refractivity contribution in [3.8, 4) is 0 Å². The first-order valence-corrected chi connectivity index (χ1v) is 6.62. The maximum Gasteiger partial charge on any atom is 0.324 e. The van der Waals surface area contributed by atoms with Crippen molar-refractivity contribution in [2.24, 2.45) is 0 Å². The predicted octanol–water partition coefficient (Wildman–Crippen LogP) is 2.48. The van der Waals surface area contributed by atoms with Gasteiger partial charge in [0.1, 0.15) is 0 Å². The Morgan fingerprint density at radius 2 is 2.11 bits per heavy atom. The van der Waals surface area contributed by atoms with Gasteiger partial charge in [-0.15, -0.1) is 0 Å². The monoisotopic (exact) mass is 247 g/mol. The summed E-state index contributed by atoms with van der Waals surface area (Å²) < 4.78 is 0. The van der Waals surface area contributed by atoms with Gasteiger partial charge in [0, 0.05) is 25.3 Å². The summed E-state index contributed by atoms with van der Waals surface area (Å²) >= 11 is 0. The summed E-state index contributed by atoms with van der Waals surface area (Å²) in [5.74, 6) is 0. The highest BCUT2D eigenvalue weighted by Gasteiger charge is 2.25. The van der Waals surface area contributed by atoms with E-state index in [1.165, 1.54) is 5.56 Å². The Kier molecular flexibility index (Phi) is 3.75. The summed E-state index contributed by atoms with van der Waals surface area (Å²) in [7, 11) is 0. The van der Waals surface area contributed by atoms with Crippen molar-refractivity contribution in [3.63, 3.8) is 0 Å². The Bertz CT molecular complexity index is 441. The molecule has 4 heteroatoms. The first-order valence-electron chi connectivity index (χ1n) is 6.62. The third-order valence-electron chi connectivity index (χ3n) is 3.49. The summed E-state index contributed by atoms with van der Waals surface area (Å²) in [4.78, 5) is 16.2. The zero-order valence-corrected chi connectivity index (χ0v) is 11.1. The van der Waals surface area contributed by atoms with Gasteiger partial charge in [0.05, 0.1) is 5.69 Å². The first kappa shape index (κ1) is 12.7. The van der Waals surface area contributed by atoms with E-state index in [2.05, 4.69) is 0 Å². The molecule has 2 N–H and O–H groups in total. The number of benzene rings is 1. The molecule has 1 heterocycles. The van der Waals surface area contributed by atoms with E-state index in [0.29, 0.717) is 5.69 Å². The topological polar surface area (TPSA) is 49.6 Å². The van der Waals surface area contributed by atoms with Gasteiger partial charge in [0.2, 0.25) is 0 Å². The third-order valence-corrected chi connectivity index (χ3v) is 3.49. The van der Waals surface area contributed by atoms with Crippen LogP contribution in [0.5, 0.6) is 0 Å². The number of nitrogens with two attached hydrogens (primary N) is 1. The molecule has 1 aromatic carbocycles. The maximum absolute atomic E-state index is 12.4. The minimum atomic E-state index is 0.0894. The van der Waals surface area contributed by atoms with Crippen molar-refractivity contribution in [3.05, 3.63) is 23.8 Å². The maximum atomic E-state index is 12.4. The van der Waals surface area contributed by atoms with Crippen molar-refractivity contribution in [1.29, 1.82) is 0 Å². The number of urea groups is 1. The number of amides is 2. The van der Waals surface area contributed by atoms with Crippen LogP contribution in [-0.2, 0) is 6.42 Å². The molecule has 98 valence electrons. The third kappa shape index (κ3) is 2.28. The number of carbonyl (C=O) groups is 1. The van der Waals surface area contributed by atoms with E-state index in [-0.39, 0.29) is 6.03 Å². The molecule has 0 saturated carbocycles. The van der Waals surface area contributed by atoms with Crippen LogP contribution in [0.2, 0.25) is 0 Å². The summed E-state index contributed by atoms with van der Waals surface area (Å²) in [6, 6.07) is 5.94. The largest absolute Gasteiger partial charge is 0.399 e. The Balaban J connectivity index is 2.32. The average molecular weight is 247 g/mol. The Labute approximate surface area is 108 Å². The molecule has 2 rings (SSSR count). The number of fused-ring (bicyclic) bond motifs is 1. The van der Waals surface area contributed by atoms with Crippen LogP contribution in [0.25, 0.3) is 0 Å². The first-order chi connectivity index (χ1) is 8.67. The van der Waals surface area contributed by atoms with Crippen LogP contribution < -0.4 is 10.6 Å². The molecule has 2 amide bonds. The Morgan fingerprint density at radius 1 is 1.39 bits per heavy atom. The van der Waals surface area contributed by atoms with Gasteiger partial charge in [0.25, 0.3) is 0 Å². The van der Waals surface area contributed by atoms with Gasteiger partial charge in [-0.3, -0.25) is 4.90 Å². The van der Waals surface area contributed by atoms with Crippen molar-refractivity contribution >= 4 is 17.4 Å². The molecule has 0 aliphatic carbocycles. The molecule has 18 heavy (non-hydrogen) atoms. The molecule has 0 aromatic heterocycles. The van der Waals surface area contributed by atoms with E-state index in [4.69, 9.17) is 5.73 Å². The molecule has 0 unspecified atom stereocenters. The number of anilines is 2. The smallest absolute Gasteiger partial charge is 0.324 e. The second kappa shape index (κ2) is 5.29. The van der Waals surface area contributed by atoms with Crippen LogP contribution >= 0.6 is 0 Å². The molecule has 1 aromatic rings. The van der Waals surface area contributed by atoms with Crippen LogP contribution in [0.15, 0.2) is 18.2 Å². The van der Waals surface area contributed by atoms with Crippen molar-refractivity contribution in [2.45, 2.75) is 26.7 Å². The van der Waals surface area contributed by atoms with Gasteiger partial charge in [0.15, 0.2) is 0 Å². The highest BCUT2D eigenvalue weighted by atomic mass is 16.2. The van der Waals surface area contributed by atoms with E-state index >= 15 is 0 Å². The average Bonchev–Trinajstić information content (AvgIpc) is 2.39. The zero-order valence-electron chi connectivity index (χ0n) is 11.1. The molecule has 1 aliphatic heterocycles. The van der Waals surface area contributed by atoms with Crippen molar-refractivity contribution in [1.82, 2.24) is 4.90 Å². The molecule has 0 fully saturated rings. The number of carbonyl (C=O) groups excluding carboxylic acids is 1. The normalized spacial score (nSPS) is 14.2. The van der Waals surface area contributed by atoms with E-state index in [9.17, 15) is 4.79 Å². The van der Waals surface area contributed by atoms with Gasteiger partial charge in [-0.2, -0.15) is 0 Å². The van der Waals surface area contributed by atoms with Gasteiger partial charge < -0.3 is 10.6 Å². The highest BCUT2D eigenvalue weighted by molar-refractivity contribution is 5.93. The molecule has 0 atom stereocenters. The minimum Gasteiger partial charge on any atom is -0.399 e. The van der Waals surface area contributed by atoms with Gasteiger partial charge in [-0.25, -0.2) is 4.79 Å². The molecule has 0 saturated heterocycles. The number of nitrogens with zero attached hydrogens (tertiary/aromatic N) is 2. The fourth-order valence-electron chi connectivity index (χ4n) is 2.46. The quantitative estimate of drug-likeness (QED) is 0.816. The molecular weight excluding hydrogens is 226 g/mol. The predicted molar refractivity (Wildman–Crippen MR) is 74.8 cm³/mol. The van der Waals surface area contributed by atoms with Gasteiger partial charge >= 0.3 is 6.03 Å². The fourth-order valence-corrected chi connectivity index (χ4v) is 2.46. The summed E-state index contributed by atoms with van der Waals surface area (Å²) in [6.07, 6.45) is 2.04. The van der Waals surface area contributed by atoms with Crippen LogP contribution in [0, 0.1) is 0 Å². The lowest BCUT2D eigenvalue weighted by Gasteiger charge is -2.33. The number of nitrogen functional groups attached to an aromatic ring is 1. The number of hydrogen-bond donors (Lipinski definition) is 1. The van der Waals surface area contributed by atoms with E-state index in [1.54, 1.807) is 0 Å². The summed E-state index contributed by atoms with van der Waals surface area (Å²) in [5.41, 5.74) is 8.75. The second-order valence-electron chi connectivity index (χ2n) is 4.60. The fraction of sp³-hybridized carbons (Fsp3) is 0.500. The van der Waals surface area contributed by atoms with E-state index in [0.717, 1.165) is 38.2 Å². The van der Waals surface area contributed by atoms with Crippen LogP contribution in [-0.4, -0.2) is 30.6 Å². The summed E-state index contributed by atoms with van der Waals surface area (Å²) in [6.45, 7) is 6.27. The number of hydrogen-bond acceptors (Lipinski definition) is 2. The van der Waals surface area contributed by atoms with Gasteiger partial charge in [-0.05, 0) is 44.4 Å². The SMILES string of the molecule is CCN(CC)C(=O)N1CCCc2ccc(N)cc21. The zero-order chi connectivity index (χ0) is 13.1. The molecular formula is C14H21N3O. The van der Waals surface area contributed by atoms with E-state index in [1.807, 2.05) is 41.8 Å². The van der Waals surface area contributed by atoms with E-state index < -0.39 is 0 Å². The number of aryl methyl sites for hydroxylation is 1. The second-order valence-corrected chi connectivity index (χ2v) is 4.60. The highest BCUT2D eigenvalue weighted by Crippen LogP contribution is 2.29. The van der Waals surface area contributed by atoms with Gasteiger partial charge in [-0.1, -0.05) is 6.07 Å². The number of rotatable bonds is 2. The van der Waals surface area contributed by atoms with Crippen molar-refractivity contribution in [2.75, 3.05) is 30.3 Å². The molecule has 4 nitrogen and oxygen atoms in total. The molecule has 0 spiro atoms. The molecule has 1 aliphatic rings. The lowest BCUT2D eigenvalue weighted by Crippen LogP contribution is -2.45. The Morgan fingerprint density at radius 3 is 2.78 bits per heavy atom. The van der Waals surface area contributed by atoms with Crippen LogP contribution in [0.4, 0.5) is 16.2 Å². The minimum absolute atomic E-state index is 0.0894. The Hall–Kier alpha value is -1.71. The lowest BCUT2D eigenvalue weighted by molar-refractivity contribution is 0.209. The molecule has 0 bridgehead atoms. The molecule has 0 radical (unpaired) electrons.